The number of β-amino-alcohol motifs (C(OH)–C–C–N with tert-alkyl or cyclic N) is 1. The maximum atomic E-state index is 11.6. The van der Waals surface area contributed by atoms with Gasteiger partial charge in [0.1, 0.15) is 0 Å². The van der Waals surface area contributed by atoms with Crippen molar-refractivity contribution >= 4 is 11.9 Å². The molecule has 1 saturated heterocycles. The average molecular weight is 243 g/mol. The Morgan fingerprint density at radius 2 is 2.18 bits per heavy atom. The van der Waals surface area contributed by atoms with Gasteiger partial charge in [-0.1, -0.05) is 13.8 Å². The normalized spacial score (nSPS) is 24.2. The number of rotatable bonds is 5. The van der Waals surface area contributed by atoms with Crippen molar-refractivity contribution in [2.45, 2.75) is 39.2 Å². The number of aliphatic hydroxyl groups is 1. The minimum atomic E-state index is -0.947. The molecule has 1 heterocycles. The molecule has 0 aromatic rings. The summed E-state index contributed by atoms with van der Waals surface area (Å²) in [6, 6.07) is 0. The van der Waals surface area contributed by atoms with Crippen LogP contribution in [0.1, 0.15) is 33.6 Å². The summed E-state index contributed by atoms with van der Waals surface area (Å²) in [5.74, 6) is -1.42. The van der Waals surface area contributed by atoms with E-state index in [1.165, 1.54) is 4.90 Å². The van der Waals surface area contributed by atoms with Crippen LogP contribution < -0.4 is 0 Å². The van der Waals surface area contributed by atoms with Gasteiger partial charge in [-0.2, -0.15) is 0 Å². The lowest BCUT2D eigenvalue weighted by molar-refractivity contribution is -0.141. The summed E-state index contributed by atoms with van der Waals surface area (Å²) in [6.45, 7) is 6.12. The first-order valence-electron chi connectivity index (χ1n) is 5.94. The maximum absolute atomic E-state index is 11.6. The van der Waals surface area contributed by atoms with Crippen LogP contribution in [0.25, 0.3) is 0 Å². The zero-order valence-corrected chi connectivity index (χ0v) is 10.6. The molecule has 2 unspecified atom stereocenters. The number of carboxylic acid groups (broad SMARTS) is 1. The predicted octanol–water partition coefficient (Wildman–Crippen LogP) is 0.717. The molecule has 0 aromatic heterocycles. The van der Waals surface area contributed by atoms with Crippen LogP contribution in [0.5, 0.6) is 0 Å². The number of amides is 1. The van der Waals surface area contributed by atoms with Crippen molar-refractivity contribution in [1.29, 1.82) is 0 Å². The van der Waals surface area contributed by atoms with E-state index in [1.54, 1.807) is 6.92 Å². The summed E-state index contributed by atoms with van der Waals surface area (Å²) in [4.78, 5) is 23.9. The fourth-order valence-electron chi connectivity index (χ4n) is 2.45. The molecule has 1 aliphatic rings. The third-order valence-corrected chi connectivity index (χ3v) is 2.94. The Morgan fingerprint density at radius 1 is 1.59 bits per heavy atom. The van der Waals surface area contributed by atoms with E-state index in [1.807, 2.05) is 13.8 Å². The van der Waals surface area contributed by atoms with Crippen LogP contribution in [0.3, 0.4) is 0 Å². The molecule has 0 radical (unpaired) electrons. The van der Waals surface area contributed by atoms with Crippen molar-refractivity contribution in [3.8, 4) is 0 Å². The summed E-state index contributed by atoms with van der Waals surface area (Å²) < 4.78 is 0. The second-order valence-electron chi connectivity index (χ2n) is 5.61. The molecule has 1 aliphatic heterocycles. The van der Waals surface area contributed by atoms with Crippen molar-refractivity contribution in [2.75, 3.05) is 13.1 Å². The maximum Gasteiger partial charge on any atom is 0.308 e. The Hall–Kier alpha value is -1.10. The molecule has 0 aromatic carbocycles. The van der Waals surface area contributed by atoms with Crippen LogP contribution in [0.2, 0.25) is 0 Å². The van der Waals surface area contributed by atoms with Crippen molar-refractivity contribution in [3.05, 3.63) is 0 Å². The smallest absolute Gasteiger partial charge is 0.308 e. The number of likely N-dealkylation sites (tertiary alicyclic amines) is 1. The summed E-state index contributed by atoms with van der Waals surface area (Å²) in [7, 11) is 0. The predicted molar refractivity (Wildman–Crippen MR) is 62.4 cm³/mol. The molecule has 5 heteroatoms. The summed E-state index contributed by atoms with van der Waals surface area (Å²) in [5.41, 5.74) is -0.947. The highest BCUT2D eigenvalue weighted by Crippen LogP contribution is 2.23. The Balaban J connectivity index is 2.58. The van der Waals surface area contributed by atoms with Crippen LogP contribution in [0.4, 0.5) is 0 Å². The van der Waals surface area contributed by atoms with E-state index in [9.17, 15) is 14.7 Å². The van der Waals surface area contributed by atoms with Gasteiger partial charge in [0, 0.05) is 19.5 Å². The van der Waals surface area contributed by atoms with Gasteiger partial charge >= 0.3 is 5.97 Å². The number of nitrogens with zero attached hydrogens (tertiary/aromatic N) is 1. The van der Waals surface area contributed by atoms with Gasteiger partial charge in [-0.25, -0.2) is 0 Å². The topological polar surface area (TPSA) is 77.8 Å². The molecule has 1 amide bonds. The van der Waals surface area contributed by atoms with Gasteiger partial charge in [-0.05, 0) is 19.3 Å². The van der Waals surface area contributed by atoms with E-state index in [2.05, 4.69) is 0 Å². The summed E-state index contributed by atoms with van der Waals surface area (Å²) in [5, 5.41) is 19.0. The van der Waals surface area contributed by atoms with Crippen molar-refractivity contribution in [3.63, 3.8) is 0 Å². The average Bonchev–Trinajstić information content (AvgIpc) is 2.44. The Bertz CT molecular complexity index is 312. The summed E-state index contributed by atoms with van der Waals surface area (Å²) >= 11 is 0. The number of carboxylic acids is 1. The molecule has 0 bridgehead atoms. The van der Waals surface area contributed by atoms with Crippen LogP contribution in [0.15, 0.2) is 0 Å². The van der Waals surface area contributed by atoms with Gasteiger partial charge in [-0.3, -0.25) is 9.59 Å². The molecule has 0 spiro atoms. The number of aliphatic carboxylic acids is 1. The first-order chi connectivity index (χ1) is 7.71. The number of carbonyl (C=O) groups is 2. The lowest BCUT2D eigenvalue weighted by atomic mass is 9.94. The zero-order chi connectivity index (χ0) is 13.2. The minimum Gasteiger partial charge on any atom is -0.481 e. The van der Waals surface area contributed by atoms with Crippen molar-refractivity contribution in [2.24, 2.45) is 11.8 Å². The van der Waals surface area contributed by atoms with Gasteiger partial charge in [0.25, 0.3) is 0 Å². The van der Waals surface area contributed by atoms with Gasteiger partial charge in [0.15, 0.2) is 0 Å². The van der Waals surface area contributed by atoms with E-state index >= 15 is 0 Å². The lowest BCUT2D eigenvalue weighted by Gasteiger charge is -2.30. The van der Waals surface area contributed by atoms with Gasteiger partial charge in [-0.15, -0.1) is 0 Å². The molecule has 17 heavy (non-hydrogen) atoms. The van der Waals surface area contributed by atoms with E-state index in [0.717, 1.165) is 0 Å². The Morgan fingerprint density at radius 3 is 2.59 bits per heavy atom. The summed E-state index contributed by atoms with van der Waals surface area (Å²) in [6.07, 6.45) is 0.640. The SMILES string of the molecule is CC(C)CC(C)(O)CN1CC(C(=O)O)CC1=O. The van der Waals surface area contributed by atoms with Gasteiger partial charge in [0.2, 0.25) is 5.91 Å². The molecule has 2 N–H and O–H groups in total. The highest BCUT2D eigenvalue weighted by molar-refractivity contribution is 5.86. The molecular formula is C12H21NO4. The second kappa shape index (κ2) is 5.04. The largest absolute Gasteiger partial charge is 0.481 e. The lowest BCUT2D eigenvalue weighted by Crippen LogP contribution is -2.42. The molecule has 2 atom stereocenters. The Kier molecular flexibility index (Phi) is 4.14. The van der Waals surface area contributed by atoms with Crippen LogP contribution >= 0.6 is 0 Å². The van der Waals surface area contributed by atoms with Crippen molar-refractivity contribution in [1.82, 2.24) is 4.90 Å². The van der Waals surface area contributed by atoms with Crippen LogP contribution in [-0.2, 0) is 9.59 Å². The van der Waals surface area contributed by atoms with Gasteiger partial charge in [0.05, 0.1) is 11.5 Å². The highest BCUT2D eigenvalue weighted by atomic mass is 16.4. The van der Waals surface area contributed by atoms with E-state index in [4.69, 9.17) is 5.11 Å². The zero-order valence-electron chi connectivity index (χ0n) is 10.6. The molecule has 1 rings (SSSR count). The molecule has 5 nitrogen and oxygen atoms in total. The third kappa shape index (κ3) is 4.00. The number of hydrogen-bond acceptors (Lipinski definition) is 3. The first-order valence-corrected chi connectivity index (χ1v) is 5.94. The molecular weight excluding hydrogens is 222 g/mol. The highest BCUT2D eigenvalue weighted by Gasteiger charge is 2.37. The molecule has 1 fully saturated rings. The quantitative estimate of drug-likeness (QED) is 0.745. The Labute approximate surface area is 101 Å². The van der Waals surface area contributed by atoms with E-state index in [-0.39, 0.29) is 25.4 Å². The van der Waals surface area contributed by atoms with Crippen LogP contribution in [-0.4, -0.2) is 45.7 Å². The number of carbonyl (C=O) groups excluding carboxylic acids is 1. The standard InChI is InChI=1S/C12H21NO4/c1-8(2)5-12(3,17)7-13-6-9(11(15)16)4-10(13)14/h8-9,17H,4-7H2,1-3H3,(H,15,16). The molecule has 0 aliphatic carbocycles. The van der Waals surface area contributed by atoms with E-state index < -0.39 is 17.5 Å². The minimum absolute atomic E-state index is 0.0487. The third-order valence-electron chi connectivity index (χ3n) is 2.94. The fourth-order valence-corrected chi connectivity index (χ4v) is 2.45. The first kappa shape index (κ1) is 14.0. The fraction of sp³-hybridized carbons (Fsp3) is 0.833. The van der Waals surface area contributed by atoms with Crippen LogP contribution in [0, 0.1) is 11.8 Å². The molecule has 0 saturated carbocycles. The van der Waals surface area contributed by atoms with Crippen molar-refractivity contribution < 1.29 is 19.8 Å². The number of hydrogen-bond donors (Lipinski definition) is 2. The molecule has 98 valence electrons. The van der Waals surface area contributed by atoms with E-state index in [0.29, 0.717) is 12.3 Å². The monoisotopic (exact) mass is 243 g/mol. The van der Waals surface area contributed by atoms with Gasteiger partial charge < -0.3 is 15.1 Å². The second-order valence-corrected chi connectivity index (χ2v) is 5.61.